The second kappa shape index (κ2) is 11.3. The SMILES string of the molecule is CCC(O)CC.CCOC(=O)C1=CC[C@H](NC(C)=O)CC1. The van der Waals surface area contributed by atoms with Gasteiger partial charge >= 0.3 is 5.97 Å². The van der Waals surface area contributed by atoms with Crippen LogP contribution in [0.15, 0.2) is 11.6 Å². The summed E-state index contributed by atoms with van der Waals surface area (Å²) in [5, 5.41) is 11.5. The van der Waals surface area contributed by atoms with E-state index < -0.39 is 0 Å². The molecular formula is C16H29NO4. The first kappa shape index (κ1) is 19.6. The number of esters is 1. The maximum atomic E-state index is 11.3. The van der Waals surface area contributed by atoms with Gasteiger partial charge in [0.2, 0.25) is 5.91 Å². The molecule has 1 aliphatic carbocycles. The molecule has 0 aliphatic heterocycles. The molecule has 1 aliphatic rings. The van der Waals surface area contributed by atoms with Gasteiger partial charge in [-0.3, -0.25) is 4.79 Å². The third kappa shape index (κ3) is 9.24. The van der Waals surface area contributed by atoms with Crippen LogP contribution in [0.4, 0.5) is 0 Å². The van der Waals surface area contributed by atoms with Gasteiger partial charge in [-0.15, -0.1) is 0 Å². The van der Waals surface area contributed by atoms with Gasteiger partial charge in [-0.05, 0) is 39.0 Å². The van der Waals surface area contributed by atoms with Crippen molar-refractivity contribution < 1.29 is 19.4 Å². The van der Waals surface area contributed by atoms with Gasteiger partial charge in [0.1, 0.15) is 0 Å². The molecule has 5 nitrogen and oxygen atoms in total. The van der Waals surface area contributed by atoms with Crippen LogP contribution in [-0.2, 0) is 14.3 Å². The first-order valence-electron chi connectivity index (χ1n) is 7.75. The van der Waals surface area contributed by atoms with Gasteiger partial charge in [0.05, 0.1) is 12.7 Å². The van der Waals surface area contributed by atoms with Crippen molar-refractivity contribution in [3.05, 3.63) is 11.6 Å². The van der Waals surface area contributed by atoms with E-state index in [1.54, 1.807) is 6.92 Å². The number of hydrogen-bond acceptors (Lipinski definition) is 4. The first-order valence-corrected chi connectivity index (χ1v) is 7.75. The lowest BCUT2D eigenvalue weighted by Gasteiger charge is -2.21. The third-order valence-electron chi connectivity index (χ3n) is 3.30. The predicted molar refractivity (Wildman–Crippen MR) is 82.8 cm³/mol. The van der Waals surface area contributed by atoms with Gasteiger partial charge in [0.15, 0.2) is 0 Å². The predicted octanol–water partition coefficient (Wildman–Crippen LogP) is 2.33. The Hall–Kier alpha value is -1.36. The number of aliphatic hydroxyl groups excluding tert-OH is 1. The minimum atomic E-state index is -0.223. The second-order valence-electron chi connectivity index (χ2n) is 5.09. The Morgan fingerprint density at radius 2 is 2.00 bits per heavy atom. The molecule has 0 unspecified atom stereocenters. The van der Waals surface area contributed by atoms with Crippen molar-refractivity contribution in [2.75, 3.05) is 6.61 Å². The van der Waals surface area contributed by atoms with E-state index in [9.17, 15) is 9.59 Å². The van der Waals surface area contributed by atoms with Crippen LogP contribution in [0.2, 0.25) is 0 Å². The summed E-state index contributed by atoms with van der Waals surface area (Å²) in [5.41, 5.74) is 0.735. The van der Waals surface area contributed by atoms with E-state index in [0.717, 1.165) is 24.8 Å². The van der Waals surface area contributed by atoms with Crippen molar-refractivity contribution in [3.8, 4) is 0 Å². The molecule has 1 amide bonds. The Kier molecular flexibility index (Phi) is 10.6. The lowest BCUT2D eigenvalue weighted by molar-refractivity contribution is -0.138. The Balaban J connectivity index is 0.000000567. The molecule has 2 N–H and O–H groups in total. The topological polar surface area (TPSA) is 75.6 Å². The van der Waals surface area contributed by atoms with Crippen LogP contribution in [-0.4, -0.2) is 35.7 Å². The largest absolute Gasteiger partial charge is 0.463 e. The Bertz CT molecular complexity index is 348. The average Bonchev–Trinajstić information content (AvgIpc) is 2.47. The molecule has 0 radical (unpaired) electrons. The van der Waals surface area contributed by atoms with Crippen LogP contribution in [0.3, 0.4) is 0 Å². The number of nitrogens with one attached hydrogen (secondary N) is 1. The van der Waals surface area contributed by atoms with Crippen LogP contribution in [0.5, 0.6) is 0 Å². The molecule has 21 heavy (non-hydrogen) atoms. The van der Waals surface area contributed by atoms with Gasteiger partial charge in [-0.1, -0.05) is 19.9 Å². The Morgan fingerprint density at radius 1 is 1.38 bits per heavy atom. The Labute approximate surface area is 127 Å². The molecule has 0 fully saturated rings. The highest BCUT2D eigenvalue weighted by Gasteiger charge is 2.19. The molecule has 0 aromatic heterocycles. The number of aliphatic hydroxyl groups is 1. The van der Waals surface area contributed by atoms with E-state index in [-0.39, 0.29) is 24.0 Å². The van der Waals surface area contributed by atoms with Crippen LogP contribution < -0.4 is 5.32 Å². The molecule has 0 heterocycles. The third-order valence-corrected chi connectivity index (χ3v) is 3.30. The zero-order chi connectivity index (χ0) is 16.3. The lowest BCUT2D eigenvalue weighted by Crippen LogP contribution is -2.34. The van der Waals surface area contributed by atoms with Crippen molar-refractivity contribution in [1.29, 1.82) is 0 Å². The van der Waals surface area contributed by atoms with Gasteiger partial charge < -0.3 is 15.2 Å². The van der Waals surface area contributed by atoms with E-state index in [1.807, 2.05) is 19.9 Å². The molecule has 0 saturated carbocycles. The van der Waals surface area contributed by atoms with Crippen LogP contribution in [0.25, 0.3) is 0 Å². The second-order valence-corrected chi connectivity index (χ2v) is 5.09. The molecule has 0 aromatic rings. The fraction of sp³-hybridized carbons (Fsp3) is 0.750. The standard InChI is InChI=1S/C11H17NO3.C5H12O/c1-3-15-11(14)9-4-6-10(7-5-9)12-8(2)13;1-3-5(6)4-2/h4,10H,3,5-7H2,1-2H3,(H,12,13);5-6H,3-4H2,1-2H3/t10-;/m0./s1. The van der Waals surface area contributed by atoms with Crippen molar-refractivity contribution in [2.24, 2.45) is 0 Å². The normalized spacial score (nSPS) is 17.4. The number of amides is 1. The highest BCUT2D eigenvalue weighted by atomic mass is 16.5. The number of ether oxygens (including phenoxy) is 1. The highest BCUT2D eigenvalue weighted by Crippen LogP contribution is 2.19. The quantitative estimate of drug-likeness (QED) is 0.764. The van der Waals surface area contributed by atoms with Crippen molar-refractivity contribution in [1.82, 2.24) is 5.32 Å². The molecule has 0 saturated heterocycles. The summed E-state index contributed by atoms with van der Waals surface area (Å²) >= 11 is 0. The molecular weight excluding hydrogens is 270 g/mol. The van der Waals surface area contributed by atoms with E-state index in [4.69, 9.17) is 9.84 Å². The minimum Gasteiger partial charge on any atom is -0.463 e. The monoisotopic (exact) mass is 299 g/mol. The molecule has 1 rings (SSSR count). The molecule has 122 valence electrons. The first-order chi connectivity index (χ1) is 9.94. The summed E-state index contributed by atoms with van der Waals surface area (Å²) in [6, 6.07) is 0.167. The molecule has 0 aromatic carbocycles. The smallest absolute Gasteiger partial charge is 0.333 e. The van der Waals surface area contributed by atoms with Gasteiger partial charge in [-0.2, -0.15) is 0 Å². The number of carbonyl (C=O) groups is 2. The van der Waals surface area contributed by atoms with Gasteiger partial charge in [0, 0.05) is 18.5 Å². The zero-order valence-electron chi connectivity index (χ0n) is 13.6. The van der Waals surface area contributed by atoms with E-state index in [0.29, 0.717) is 19.4 Å². The lowest BCUT2D eigenvalue weighted by atomic mass is 9.95. The summed E-state index contributed by atoms with van der Waals surface area (Å²) < 4.78 is 4.90. The maximum Gasteiger partial charge on any atom is 0.333 e. The fourth-order valence-corrected chi connectivity index (χ4v) is 1.95. The van der Waals surface area contributed by atoms with Crippen molar-refractivity contribution >= 4 is 11.9 Å². The van der Waals surface area contributed by atoms with E-state index in [2.05, 4.69) is 5.32 Å². The van der Waals surface area contributed by atoms with Crippen LogP contribution >= 0.6 is 0 Å². The summed E-state index contributed by atoms with van der Waals surface area (Å²) in [7, 11) is 0. The average molecular weight is 299 g/mol. The maximum absolute atomic E-state index is 11.3. The number of rotatable bonds is 5. The van der Waals surface area contributed by atoms with Crippen LogP contribution in [0, 0.1) is 0 Å². The molecule has 0 spiro atoms. The molecule has 1 atom stereocenters. The summed E-state index contributed by atoms with van der Waals surface area (Å²) in [4.78, 5) is 22.2. The molecule has 5 heteroatoms. The van der Waals surface area contributed by atoms with Gasteiger partial charge in [-0.25, -0.2) is 4.79 Å². The summed E-state index contributed by atoms with van der Waals surface area (Å²) in [5.74, 6) is -0.244. The van der Waals surface area contributed by atoms with E-state index >= 15 is 0 Å². The summed E-state index contributed by atoms with van der Waals surface area (Å²) in [6.07, 6.45) is 5.78. The minimum absolute atomic E-state index is 0.0204. The summed E-state index contributed by atoms with van der Waals surface area (Å²) in [6.45, 7) is 7.67. The molecule has 0 bridgehead atoms. The number of carbonyl (C=O) groups excluding carboxylic acids is 2. The Morgan fingerprint density at radius 3 is 2.33 bits per heavy atom. The zero-order valence-corrected chi connectivity index (χ0v) is 13.6. The number of hydrogen-bond donors (Lipinski definition) is 2. The highest BCUT2D eigenvalue weighted by molar-refractivity contribution is 5.88. The fourth-order valence-electron chi connectivity index (χ4n) is 1.95. The van der Waals surface area contributed by atoms with Crippen molar-refractivity contribution in [2.45, 2.75) is 71.9 Å². The van der Waals surface area contributed by atoms with Crippen molar-refractivity contribution in [3.63, 3.8) is 0 Å². The van der Waals surface area contributed by atoms with Crippen LogP contribution in [0.1, 0.15) is 59.8 Å². The van der Waals surface area contributed by atoms with E-state index in [1.165, 1.54) is 6.92 Å². The van der Waals surface area contributed by atoms with Gasteiger partial charge in [0.25, 0.3) is 0 Å².